The zero-order valence-corrected chi connectivity index (χ0v) is 12.0. The second kappa shape index (κ2) is 6.20. The monoisotopic (exact) mass is 233 g/mol. The molecule has 0 unspecified atom stereocenters. The Balaban J connectivity index is 2.72. The highest BCUT2D eigenvalue weighted by Crippen LogP contribution is 2.23. The van der Waals surface area contributed by atoms with Gasteiger partial charge >= 0.3 is 0 Å². The Morgan fingerprint density at radius 3 is 2.18 bits per heavy atom. The zero-order chi connectivity index (χ0) is 12.9. The fraction of sp³-hybridized carbons (Fsp3) is 0.625. The van der Waals surface area contributed by atoms with Crippen LogP contribution in [0.4, 0.5) is 0 Å². The Kier molecular flexibility index (Phi) is 5.20. The van der Waals surface area contributed by atoms with Crippen molar-refractivity contribution in [2.45, 2.75) is 46.5 Å². The molecule has 1 heteroatoms. The van der Waals surface area contributed by atoms with Crippen LogP contribution in [0, 0.1) is 5.92 Å². The molecule has 1 nitrogen and oxygen atoms in total. The molecule has 0 radical (unpaired) electrons. The van der Waals surface area contributed by atoms with Crippen LogP contribution in [0.15, 0.2) is 24.3 Å². The Labute approximate surface area is 107 Å². The van der Waals surface area contributed by atoms with Crippen molar-refractivity contribution in [2.24, 2.45) is 5.92 Å². The molecular weight excluding hydrogens is 206 g/mol. The predicted molar refractivity (Wildman–Crippen MR) is 76.6 cm³/mol. The lowest BCUT2D eigenvalue weighted by Crippen LogP contribution is -2.32. The lowest BCUT2D eigenvalue weighted by Gasteiger charge is -2.26. The van der Waals surface area contributed by atoms with Crippen molar-refractivity contribution in [1.29, 1.82) is 0 Å². The van der Waals surface area contributed by atoms with Crippen molar-refractivity contribution in [3.63, 3.8) is 0 Å². The van der Waals surface area contributed by atoms with E-state index in [1.165, 1.54) is 17.5 Å². The van der Waals surface area contributed by atoms with Gasteiger partial charge in [-0.15, -0.1) is 0 Å². The summed E-state index contributed by atoms with van der Waals surface area (Å²) < 4.78 is 0. The first-order valence-corrected chi connectivity index (χ1v) is 6.76. The summed E-state index contributed by atoms with van der Waals surface area (Å²) in [7, 11) is 0. The summed E-state index contributed by atoms with van der Waals surface area (Å²) in [4.78, 5) is 0. The molecule has 0 aliphatic carbocycles. The summed E-state index contributed by atoms with van der Waals surface area (Å²) in [5.74, 6) is 0.732. The Morgan fingerprint density at radius 1 is 1.12 bits per heavy atom. The molecule has 0 atom stereocenters. The Hall–Kier alpha value is -0.820. The molecule has 1 aromatic carbocycles. The lowest BCUT2D eigenvalue weighted by atomic mass is 9.84. The van der Waals surface area contributed by atoms with Gasteiger partial charge in [-0.3, -0.25) is 0 Å². The topological polar surface area (TPSA) is 12.0 Å². The largest absolute Gasteiger partial charge is 0.316 e. The van der Waals surface area contributed by atoms with E-state index in [-0.39, 0.29) is 5.41 Å². The van der Waals surface area contributed by atoms with E-state index >= 15 is 0 Å². The van der Waals surface area contributed by atoms with Crippen molar-refractivity contribution < 1.29 is 0 Å². The van der Waals surface area contributed by atoms with E-state index < -0.39 is 0 Å². The first-order chi connectivity index (χ1) is 7.95. The first kappa shape index (κ1) is 14.2. The number of likely N-dealkylation sites (N-methyl/N-ethyl adjacent to an activating group) is 1. The Morgan fingerprint density at radius 2 is 1.71 bits per heavy atom. The molecule has 0 spiro atoms. The third-order valence-electron chi connectivity index (χ3n) is 3.20. The first-order valence-electron chi connectivity index (χ1n) is 6.76. The van der Waals surface area contributed by atoms with Crippen molar-refractivity contribution in [1.82, 2.24) is 5.32 Å². The SMILES string of the molecule is CCNCC(C)(C)c1ccc(CC(C)C)cc1. The molecular formula is C16H27N. The van der Waals surface area contributed by atoms with Gasteiger partial charge in [0.25, 0.3) is 0 Å². The summed E-state index contributed by atoms with van der Waals surface area (Å²) in [6.07, 6.45) is 1.17. The van der Waals surface area contributed by atoms with Gasteiger partial charge in [-0.1, -0.05) is 58.9 Å². The number of nitrogens with one attached hydrogen (secondary N) is 1. The molecule has 0 aliphatic rings. The maximum atomic E-state index is 3.43. The fourth-order valence-corrected chi connectivity index (χ4v) is 2.10. The molecule has 0 bridgehead atoms. The normalized spacial score (nSPS) is 12.1. The van der Waals surface area contributed by atoms with Crippen LogP contribution in [0.1, 0.15) is 45.7 Å². The quantitative estimate of drug-likeness (QED) is 0.788. The third-order valence-corrected chi connectivity index (χ3v) is 3.20. The lowest BCUT2D eigenvalue weighted by molar-refractivity contribution is 0.477. The zero-order valence-electron chi connectivity index (χ0n) is 12.0. The predicted octanol–water partition coefficient (Wildman–Crippen LogP) is 3.77. The van der Waals surface area contributed by atoms with Gasteiger partial charge in [-0.2, -0.15) is 0 Å². The molecule has 0 aliphatic heterocycles. The van der Waals surface area contributed by atoms with Gasteiger partial charge in [0.1, 0.15) is 0 Å². The van der Waals surface area contributed by atoms with Crippen LogP contribution in [-0.4, -0.2) is 13.1 Å². The molecule has 0 saturated carbocycles. The minimum atomic E-state index is 0.215. The molecule has 0 heterocycles. The average molecular weight is 233 g/mol. The summed E-state index contributed by atoms with van der Waals surface area (Å²) in [6, 6.07) is 9.14. The molecule has 0 fully saturated rings. The number of benzene rings is 1. The van der Waals surface area contributed by atoms with E-state index in [9.17, 15) is 0 Å². The molecule has 1 N–H and O–H groups in total. The van der Waals surface area contributed by atoms with E-state index in [0.717, 1.165) is 19.0 Å². The minimum absolute atomic E-state index is 0.215. The van der Waals surface area contributed by atoms with E-state index in [4.69, 9.17) is 0 Å². The molecule has 0 saturated heterocycles. The molecule has 96 valence electrons. The van der Waals surface area contributed by atoms with E-state index in [0.29, 0.717) is 0 Å². The maximum absolute atomic E-state index is 3.43. The fourth-order valence-electron chi connectivity index (χ4n) is 2.10. The summed E-state index contributed by atoms with van der Waals surface area (Å²) in [6.45, 7) is 13.4. The van der Waals surface area contributed by atoms with Crippen LogP contribution in [-0.2, 0) is 11.8 Å². The van der Waals surface area contributed by atoms with Crippen LogP contribution >= 0.6 is 0 Å². The van der Waals surface area contributed by atoms with Crippen molar-refractivity contribution in [3.05, 3.63) is 35.4 Å². The number of rotatable bonds is 6. The Bertz CT molecular complexity index is 322. The van der Waals surface area contributed by atoms with Gasteiger partial charge in [0.15, 0.2) is 0 Å². The van der Waals surface area contributed by atoms with E-state index in [2.05, 4.69) is 64.2 Å². The van der Waals surface area contributed by atoms with Gasteiger partial charge < -0.3 is 5.32 Å². The van der Waals surface area contributed by atoms with Gasteiger partial charge in [-0.25, -0.2) is 0 Å². The van der Waals surface area contributed by atoms with Gasteiger partial charge in [-0.05, 0) is 30.0 Å². The molecule has 17 heavy (non-hydrogen) atoms. The van der Waals surface area contributed by atoms with Gasteiger partial charge in [0.2, 0.25) is 0 Å². The average Bonchev–Trinajstić information content (AvgIpc) is 2.26. The maximum Gasteiger partial charge on any atom is 0.00430 e. The molecule has 1 rings (SSSR count). The van der Waals surface area contributed by atoms with Crippen molar-refractivity contribution in [3.8, 4) is 0 Å². The van der Waals surface area contributed by atoms with Gasteiger partial charge in [0, 0.05) is 12.0 Å². The van der Waals surface area contributed by atoms with Gasteiger partial charge in [0.05, 0.1) is 0 Å². The minimum Gasteiger partial charge on any atom is -0.316 e. The standard InChI is InChI=1S/C16H27N/c1-6-17-12-16(4,5)15-9-7-14(8-10-15)11-13(2)3/h7-10,13,17H,6,11-12H2,1-5H3. The molecule has 1 aromatic rings. The second-order valence-electron chi connectivity index (χ2n) is 5.96. The molecule has 0 aromatic heterocycles. The smallest absolute Gasteiger partial charge is 0.00430 e. The second-order valence-corrected chi connectivity index (χ2v) is 5.96. The summed E-state index contributed by atoms with van der Waals surface area (Å²) >= 11 is 0. The van der Waals surface area contributed by atoms with Crippen LogP contribution in [0.5, 0.6) is 0 Å². The van der Waals surface area contributed by atoms with Crippen LogP contribution in [0.25, 0.3) is 0 Å². The summed E-state index contributed by atoms with van der Waals surface area (Å²) in [5.41, 5.74) is 3.08. The van der Waals surface area contributed by atoms with E-state index in [1.807, 2.05) is 0 Å². The highest BCUT2D eigenvalue weighted by atomic mass is 14.9. The highest BCUT2D eigenvalue weighted by molar-refractivity contribution is 5.28. The van der Waals surface area contributed by atoms with Crippen LogP contribution < -0.4 is 5.32 Å². The van der Waals surface area contributed by atoms with Crippen molar-refractivity contribution >= 4 is 0 Å². The number of hydrogen-bond acceptors (Lipinski definition) is 1. The highest BCUT2D eigenvalue weighted by Gasteiger charge is 2.19. The summed E-state index contributed by atoms with van der Waals surface area (Å²) in [5, 5.41) is 3.43. The number of hydrogen-bond donors (Lipinski definition) is 1. The van der Waals surface area contributed by atoms with Crippen LogP contribution in [0.2, 0.25) is 0 Å². The third kappa shape index (κ3) is 4.51. The van der Waals surface area contributed by atoms with Crippen LogP contribution in [0.3, 0.4) is 0 Å². The van der Waals surface area contributed by atoms with Crippen molar-refractivity contribution in [2.75, 3.05) is 13.1 Å². The molecule has 0 amide bonds. The van der Waals surface area contributed by atoms with E-state index in [1.54, 1.807) is 0 Å².